The molecular weight excluding hydrogens is 1700 g/mol. The number of aliphatic hydroxyl groups excluding tert-OH is 6. The van der Waals surface area contributed by atoms with E-state index in [4.69, 9.17) is 84.2 Å². The molecule has 0 aromatic heterocycles. The van der Waals surface area contributed by atoms with E-state index < -0.39 is 251 Å². The number of hydrogen-bond donors (Lipinski definition) is 17. The van der Waals surface area contributed by atoms with Crippen LogP contribution in [0.15, 0.2) is 127 Å². The van der Waals surface area contributed by atoms with Crippen molar-refractivity contribution in [3.63, 3.8) is 0 Å². The largest absolute Gasteiger partial charge is 0.508 e. The van der Waals surface area contributed by atoms with Crippen LogP contribution in [0.1, 0.15) is 168 Å². The van der Waals surface area contributed by atoms with E-state index in [1.165, 1.54) is 68.4 Å². The lowest BCUT2D eigenvalue weighted by Gasteiger charge is -2.48. The number of Topliss-reactive ketones (excluding diaryl/α,β-unsaturated/α-hetero) is 2. The molecule has 19 N–H and O–H groups in total. The summed E-state index contributed by atoms with van der Waals surface area (Å²) in [7, 11) is 0. The number of carboxylic acid groups (broad SMARTS) is 1. The summed E-state index contributed by atoms with van der Waals surface area (Å²) in [5.74, 6) is -20.4. The van der Waals surface area contributed by atoms with Crippen LogP contribution >= 0.6 is 34.8 Å². The minimum Gasteiger partial charge on any atom is -0.508 e. The fourth-order valence-electron chi connectivity index (χ4n) is 17.7. The van der Waals surface area contributed by atoms with E-state index in [0.29, 0.717) is 11.4 Å². The number of halogens is 3. The molecule has 0 radical (unpaired) electrons. The van der Waals surface area contributed by atoms with E-state index in [-0.39, 0.29) is 87.2 Å². The average Bonchev–Trinajstić information content (AvgIpc) is 1.57. The van der Waals surface area contributed by atoms with Gasteiger partial charge >= 0.3 is 5.97 Å². The first-order valence-electron chi connectivity index (χ1n) is 41.3. The van der Waals surface area contributed by atoms with Gasteiger partial charge in [-0.3, -0.25) is 33.6 Å². The molecule has 33 nitrogen and oxygen atoms in total. The normalized spacial score (nSPS) is 30.4. The molecule has 22 unspecified atom stereocenters. The topological polar surface area (TPSA) is 525 Å². The number of nitrogens with one attached hydrogen (secondary N) is 5. The molecule has 22 atom stereocenters. The predicted molar refractivity (Wildman–Crippen MR) is 451 cm³/mol. The van der Waals surface area contributed by atoms with Crippen molar-refractivity contribution in [2.24, 2.45) is 29.2 Å². The number of phenolic OH excluding ortho intramolecular Hbond substituents is 1. The molecule has 1 aliphatic carbocycles. The fourth-order valence-corrected chi connectivity index (χ4v) is 18.2. The molecule has 0 spiro atoms. The van der Waals surface area contributed by atoms with Crippen molar-refractivity contribution in [3.8, 4) is 56.8 Å². The van der Waals surface area contributed by atoms with E-state index in [1.807, 2.05) is 50.2 Å². The van der Waals surface area contributed by atoms with Crippen molar-refractivity contribution in [2.75, 3.05) is 6.61 Å². The SMILES string of the molecule is CCC(CC(C)C)C(=O)NC1C(=O)CC(CC(N)=O)C(=O)NC2C(=O)CC3C(=O)NC(C(=O)NC(C(=O)O)c4cc(O)cc5c4-c4cc3ccc4C5(O)O)C(OC3CC(C)(N)C(O)C(C)O3)c3ccc(c(Cl)c3)Oc3cc2cc(c3OC2OC(CO)C(O)C(O)C2OC2CC(C)(NCc3ccc(-c4ccc(Cl)cc4)cc3)C(O)C(C)O2)Oc2ccc(cc2Cl)C1O. The first-order valence-corrected chi connectivity index (χ1v) is 42.5. The quantitative estimate of drug-likeness (QED) is 0.0362. The molecule has 7 aromatic carbocycles. The number of carboxylic acids is 1. The third kappa shape index (κ3) is 19.0. The van der Waals surface area contributed by atoms with Gasteiger partial charge in [0.1, 0.15) is 65.9 Å². The van der Waals surface area contributed by atoms with Crippen LogP contribution in [0.3, 0.4) is 0 Å². The molecular formula is C90H100Cl3N7O26. The van der Waals surface area contributed by atoms with Gasteiger partial charge in [0, 0.05) is 71.8 Å². The summed E-state index contributed by atoms with van der Waals surface area (Å²) in [5.41, 5.74) is 10.1. The number of primary amides is 1. The van der Waals surface area contributed by atoms with E-state index in [9.17, 15) is 65.4 Å². The minimum absolute atomic E-state index is 0.0347. The molecule has 126 heavy (non-hydrogen) atoms. The lowest BCUT2D eigenvalue weighted by atomic mass is 9.84. The second-order valence-electron chi connectivity index (χ2n) is 34.3. The molecule has 3 fully saturated rings. The highest BCUT2D eigenvalue weighted by Gasteiger charge is 2.54. The maximum absolute atomic E-state index is 16.8. The van der Waals surface area contributed by atoms with Crippen molar-refractivity contribution >= 4 is 81.9 Å². The third-order valence-electron chi connectivity index (χ3n) is 24.6. The molecule has 0 saturated carbocycles. The first-order chi connectivity index (χ1) is 59.6. The van der Waals surface area contributed by atoms with Gasteiger partial charge in [0.15, 0.2) is 47.8 Å². The van der Waals surface area contributed by atoms with Gasteiger partial charge in [-0.2, -0.15) is 0 Å². The molecule has 7 aromatic rings. The van der Waals surface area contributed by atoms with E-state index in [1.54, 1.807) is 32.9 Å². The summed E-state index contributed by atoms with van der Waals surface area (Å²) in [6.07, 6.45) is -24.1. The highest BCUT2D eigenvalue weighted by atomic mass is 35.5. The van der Waals surface area contributed by atoms with Crippen LogP contribution in [0, 0.1) is 17.8 Å². The molecule has 5 amide bonds. The monoisotopic (exact) mass is 1800 g/mol. The smallest absolute Gasteiger partial charge is 0.330 e. The van der Waals surface area contributed by atoms with Crippen molar-refractivity contribution in [2.45, 2.75) is 227 Å². The Morgan fingerprint density at radius 3 is 1.90 bits per heavy atom. The van der Waals surface area contributed by atoms with Crippen LogP contribution in [-0.2, 0) is 74.4 Å². The zero-order valence-electron chi connectivity index (χ0n) is 69.4. The number of aliphatic hydroxyl groups is 8. The Hall–Kier alpha value is -9.83. The van der Waals surface area contributed by atoms with Crippen molar-refractivity contribution in [3.05, 3.63) is 187 Å². The van der Waals surface area contributed by atoms with Gasteiger partial charge in [-0.15, -0.1) is 0 Å². The zero-order chi connectivity index (χ0) is 90.8. The van der Waals surface area contributed by atoms with Gasteiger partial charge in [-0.05, 0) is 169 Å². The van der Waals surface area contributed by atoms with Gasteiger partial charge in [-0.25, -0.2) is 4.79 Å². The average molecular weight is 1800 g/mol. The summed E-state index contributed by atoms with van der Waals surface area (Å²) in [5, 5.41) is 132. The number of ether oxygens (including phenoxy) is 8. The highest BCUT2D eigenvalue weighted by Crippen LogP contribution is 2.54. The molecule has 11 bridgehead atoms. The number of fused-ring (bicyclic) bond motifs is 12. The van der Waals surface area contributed by atoms with Crippen molar-refractivity contribution < 1.29 is 127 Å². The van der Waals surface area contributed by atoms with Gasteiger partial charge in [0.2, 0.25) is 47.4 Å². The minimum atomic E-state index is -3.03. The molecule has 36 heteroatoms. The number of phenols is 1. The molecule has 16 rings (SSSR count). The Morgan fingerprint density at radius 1 is 0.667 bits per heavy atom. The summed E-state index contributed by atoms with van der Waals surface area (Å²) >= 11 is 20.9. The van der Waals surface area contributed by atoms with Gasteiger partial charge in [0.05, 0.1) is 52.9 Å². The van der Waals surface area contributed by atoms with Crippen LogP contribution in [-0.4, -0.2) is 196 Å². The number of carbonyl (C=O) groups is 8. The number of aromatic hydroxyl groups is 1. The number of amides is 5. The second kappa shape index (κ2) is 37.1. The molecule has 672 valence electrons. The Labute approximate surface area is 738 Å². The van der Waals surface area contributed by atoms with Crippen LogP contribution in [0.2, 0.25) is 15.1 Å². The predicted octanol–water partition coefficient (Wildman–Crippen LogP) is 7.00. The third-order valence-corrected chi connectivity index (χ3v) is 25.4. The molecule has 8 aliphatic heterocycles. The van der Waals surface area contributed by atoms with Gasteiger partial charge in [0.25, 0.3) is 0 Å². The maximum atomic E-state index is 16.8. The van der Waals surface area contributed by atoms with Crippen LogP contribution in [0.25, 0.3) is 22.3 Å². The van der Waals surface area contributed by atoms with Crippen LogP contribution in [0.5, 0.6) is 34.5 Å². The second-order valence-corrected chi connectivity index (χ2v) is 35.6. The number of carbonyl (C=O) groups excluding carboxylic acids is 7. The molecule has 9 aliphatic rings. The summed E-state index contributed by atoms with van der Waals surface area (Å²) < 4.78 is 53.2. The maximum Gasteiger partial charge on any atom is 0.330 e. The van der Waals surface area contributed by atoms with E-state index in [0.717, 1.165) is 41.0 Å². The highest BCUT2D eigenvalue weighted by molar-refractivity contribution is 6.32. The summed E-state index contributed by atoms with van der Waals surface area (Å²) in [6, 6.07) is 21.7. The Kier molecular flexibility index (Phi) is 27.2. The fraction of sp³-hybridized carbons (Fsp3) is 0.444. The summed E-state index contributed by atoms with van der Waals surface area (Å²) in [6.45, 7) is 11.0. The number of nitrogens with two attached hydrogens (primary N) is 2. The summed E-state index contributed by atoms with van der Waals surface area (Å²) in [4.78, 5) is 122. The van der Waals surface area contributed by atoms with Gasteiger partial charge in [-0.1, -0.05) is 116 Å². The molecule has 3 saturated heterocycles. The standard InChI is InChI=1S/C90H100Cl3N7O26/c1-8-42(23-38(2)3)82(111)99-72-59(103)27-49(30-66(94)105)83(112)97-70-48-28-63(121-61-21-16-46(74(72)106)25-57(61)92)78(126-87-79(76(108)75(107)65(37-101)123-87)125-68-35-89(7,81(110)40(5)120-68)96-36-41-9-11-43(12-10-41)44-13-18-50(91)19-14-44)64(29-48)122-62-22-17-47(26-58(62)93)77(124-67-34-88(6,95)80(109)39(4)119-67)73-85(114)98-71(86(115)116)54-31-51(102)32-56-69(54)53-24-45(15-20-55(53)90(56,117)118)52(33-60(70)104)84(113)100-73/h9-22,24-26,28-29,31-32,38-40,42,49,52,65,67-68,70-77,79-81,87,96,101-102,106-110,117-118H,8,23,27,30,33-37,95H2,1-7H3,(H2,94,105)(H,97,112)(H,98,114)(H,99,111)(H,100,113)(H,115,116). The lowest BCUT2D eigenvalue weighted by Crippen LogP contribution is -2.65. The number of hydrogen-bond acceptors (Lipinski definition) is 27. The Bertz CT molecular complexity index is 5360. The van der Waals surface area contributed by atoms with Crippen molar-refractivity contribution in [1.82, 2.24) is 26.6 Å². The van der Waals surface area contributed by atoms with Crippen LogP contribution < -0.4 is 52.3 Å². The van der Waals surface area contributed by atoms with E-state index in [2.05, 4.69) is 26.6 Å². The van der Waals surface area contributed by atoms with Gasteiger partial charge < -0.3 is 127 Å². The number of aliphatic carboxylic acids is 1. The number of ketones is 2. The Morgan fingerprint density at radius 2 is 1.29 bits per heavy atom. The Balaban J connectivity index is 0.966. The van der Waals surface area contributed by atoms with E-state index >= 15 is 24.0 Å². The zero-order valence-corrected chi connectivity index (χ0v) is 71.7. The molecule has 8 heterocycles. The number of benzene rings is 7. The number of rotatable bonds is 19. The van der Waals surface area contributed by atoms with Crippen LogP contribution in [0.4, 0.5) is 0 Å². The van der Waals surface area contributed by atoms with Crippen molar-refractivity contribution in [1.29, 1.82) is 0 Å². The lowest BCUT2D eigenvalue weighted by molar-refractivity contribution is -0.334. The first kappa shape index (κ1) is 92.4.